The Morgan fingerprint density at radius 1 is 1.00 bits per heavy atom. The van der Waals surface area contributed by atoms with E-state index in [-0.39, 0.29) is 0 Å². The maximum absolute atomic E-state index is 11.5. The number of aryl methyl sites for hydroxylation is 1. The Morgan fingerprint density at radius 3 is 2.11 bits per heavy atom. The van der Waals surface area contributed by atoms with E-state index in [1.807, 2.05) is 19.1 Å². The summed E-state index contributed by atoms with van der Waals surface area (Å²) >= 11 is 0. The van der Waals surface area contributed by atoms with Crippen LogP contribution in [-0.2, 0) is 10.1 Å². The van der Waals surface area contributed by atoms with E-state index in [2.05, 4.69) is 5.32 Å². The SMILES string of the molecule is Cc1ccc(NC(c2ccccc2)S(=O)(=O)O)cc1. The molecule has 0 radical (unpaired) electrons. The summed E-state index contributed by atoms with van der Waals surface area (Å²) in [5.41, 5.74) is 2.20. The number of benzene rings is 2. The zero-order chi connectivity index (χ0) is 13.9. The number of hydrogen-bond acceptors (Lipinski definition) is 3. The zero-order valence-corrected chi connectivity index (χ0v) is 11.3. The molecule has 2 N–H and O–H groups in total. The third-order valence-corrected chi connectivity index (χ3v) is 3.74. The molecule has 0 heterocycles. The number of nitrogens with one attached hydrogen (secondary N) is 1. The van der Waals surface area contributed by atoms with Crippen molar-refractivity contribution in [1.29, 1.82) is 0 Å². The highest BCUT2D eigenvalue weighted by atomic mass is 32.2. The third kappa shape index (κ3) is 3.56. The zero-order valence-electron chi connectivity index (χ0n) is 10.4. The van der Waals surface area contributed by atoms with Gasteiger partial charge in [-0.1, -0.05) is 48.0 Å². The lowest BCUT2D eigenvalue weighted by Crippen LogP contribution is -2.20. The largest absolute Gasteiger partial charge is 0.363 e. The summed E-state index contributed by atoms with van der Waals surface area (Å²) < 4.78 is 32.3. The normalized spacial score (nSPS) is 12.9. The van der Waals surface area contributed by atoms with Gasteiger partial charge in [-0.25, -0.2) is 0 Å². The molecule has 0 aliphatic carbocycles. The molecule has 100 valence electrons. The van der Waals surface area contributed by atoms with Crippen LogP contribution in [0.1, 0.15) is 16.5 Å². The van der Waals surface area contributed by atoms with Crippen molar-refractivity contribution in [3.63, 3.8) is 0 Å². The van der Waals surface area contributed by atoms with Gasteiger partial charge in [-0.3, -0.25) is 4.55 Å². The first-order valence-corrected chi connectivity index (χ1v) is 7.31. The Hall–Kier alpha value is -1.85. The molecule has 5 heteroatoms. The van der Waals surface area contributed by atoms with Crippen molar-refractivity contribution in [3.05, 3.63) is 65.7 Å². The minimum absolute atomic E-state index is 0.491. The Balaban J connectivity index is 2.33. The van der Waals surface area contributed by atoms with Crippen LogP contribution >= 0.6 is 0 Å². The maximum atomic E-state index is 11.5. The topological polar surface area (TPSA) is 66.4 Å². The van der Waals surface area contributed by atoms with Crippen LogP contribution in [0, 0.1) is 6.92 Å². The second-order valence-electron chi connectivity index (χ2n) is 4.32. The fourth-order valence-electron chi connectivity index (χ4n) is 1.76. The Kier molecular flexibility index (Phi) is 3.87. The highest BCUT2D eigenvalue weighted by molar-refractivity contribution is 7.86. The van der Waals surface area contributed by atoms with Crippen LogP contribution in [0.15, 0.2) is 54.6 Å². The van der Waals surface area contributed by atoms with Crippen molar-refractivity contribution in [2.75, 3.05) is 5.32 Å². The summed E-state index contributed by atoms with van der Waals surface area (Å²) in [7, 11) is -4.24. The first-order valence-electron chi connectivity index (χ1n) is 5.81. The van der Waals surface area contributed by atoms with Gasteiger partial charge in [0.25, 0.3) is 10.1 Å². The molecule has 0 aliphatic heterocycles. The average molecular weight is 277 g/mol. The van der Waals surface area contributed by atoms with Crippen LogP contribution in [-0.4, -0.2) is 13.0 Å². The summed E-state index contributed by atoms with van der Waals surface area (Å²) in [4.78, 5) is 0. The first kappa shape index (κ1) is 13.6. The van der Waals surface area contributed by atoms with E-state index in [0.29, 0.717) is 11.3 Å². The minimum Gasteiger partial charge on any atom is -0.363 e. The Morgan fingerprint density at radius 2 is 1.58 bits per heavy atom. The fraction of sp³-hybridized carbons (Fsp3) is 0.143. The lowest BCUT2D eigenvalue weighted by Gasteiger charge is -2.17. The molecule has 0 fully saturated rings. The summed E-state index contributed by atoms with van der Waals surface area (Å²) in [5.74, 6) is 0. The van der Waals surface area contributed by atoms with Crippen molar-refractivity contribution in [3.8, 4) is 0 Å². The minimum atomic E-state index is -4.24. The molecule has 2 rings (SSSR count). The van der Waals surface area contributed by atoms with Gasteiger partial charge in [-0.15, -0.1) is 0 Å². The van der Waals surface area contributed by atoms with Crippen molar-refractivity contribution >= 4 is 15.8 Å². The molecule has 19 heavy (non-hydrogen) atoms. The van der Waals surface area contributed by atoms with Crippen molar-refractivity contribution in [2.24, 2.45) is 0 Å². The molecule has 0 spiro atoms. The van der Waals surface area contributed by atoms with Gasteiger partial charge in [0.2, 0.25) is 0 Å². The lowest BCUT2D eigenvalue weighted by molar-refractivity contribution is 0.473. The second kappa shape index (κ2) is 5.42. The van der Waals surface area contributed by atoms with E-state index in [1.54, 1.807) is 42.5 Å². The van der Waals surface area contributed by atoms with Gasteiger partial charge in [0, 0.05) is 5.69 Å². The van der Waals surface area contributed by atoms with Gasteiger partial charge in [-0.2, -0.15) is 8.42 Å². The van der Waals surface area contributed by atoms with Crippen molar-refractivity contribution < 1.29 is 13.0 Å². The summed E-state index contributed by atoms with van der Waals surface area (Å²) in [6, 6.07) is 15.8. The predicted octanol–water partition coefficient (Wildman–Crippen LogP) is 2.99. The maximum Gasteiger partial charge on any atom is 0.290 e. The van der Waals surface area contributed by atoms with Gasteiger partial charge < -0.3 is 5.32 Å². The molecule has 2 aromatic carbocycles. The van der Waals surface area contributed by atoms with E-state index in [1.165, 1.54) is 0 Å². The van der Waals surface area contributed by atoms with E-state index >= 15 is 0 Å². The van der Waals surface area contributed by atoms with Gasteiger partial charge in [0.15, 0.2) is 5.37 Å². The van der Waals surface area contributed by atoms with E-state index in [0.717, 1.165) is 5.56 Å². The van der Waals surface area contributed by atoms with Crippen LogP contribution in [0.2, 0.25) is 0 Å². The molecule has 4 nitrogen and oxygen atoms in total. The molecule has 2 aromatic rings. The molecule has 1 atom stereocenters. The third-order valence-electron chi connectivity index (χ3n) is 2.75. The quantitative estimate of drug-likeness (QED) is 0.843. The van der Waals surface area contributed by atoms with Crippen LogP contribution in [0.3, 0.4) is 0 Å². The smallest absolute Gasteiger partial charge is 0.290 e. The molecular weight excluding hydrogens is 262 g/mol. The second-order valence-corrected chi connectivity index (χ2v) is 5.82. The number of rotatable bonds is 4. The summed E-state index contributed by atoms with van der Waals surface area (Å²) in [6.07, 6.45) is 0. The lowest BCUT2D eigenvalue weighted by atomic mass is 10.2. The highest BCUT2D eigenvalue weighted by Crippen LogP contribution is 2.24. The summed E-state index contributed by atoms with van der Waals surface area (Å²) in [6.45, 7) is 1.95. The Labute approximate surface area is 112 Å². The van der Waals surface area contributed by atoms with Gasteiger partial charge in [0.05, 0.1) is 0 Å². The molecule has 0 saturated carbocycles. The number of hydrogen-bond donors (Lipinski definition) is 2. The monoisotopic (exact) mass is 277 g/mol. The summed E-state index contributed by atoms with van der Waals surface area (Å²) in [5, 5.41) is 1.65. The molecular formula is C14H15NO3S. The van der Waals surface area contributed by atoms with E-state index in [4.69, 9.17) is 0 Å². The van der Waals surface area contributed by atoms with Gasteiger partial charge in [-0.05, 0) is 24.6 Å². The van der Waals surface area contributed by atoms with Gasteiger partial charge in [0.1, 0.15) is 0 Å². The van der Waals surface area contributed by atoms with Crippen LogP contribution in [0.5, 0.6) is 0 Å². The van der Waals surface area contributed by atoms with Crippen molar-refractivity contribution in [1.82, 2.24) is 0 Å². The molecule has 0 bridgehead atoms. The molecule has 0 saturated heterocycles. The number of anilines is 1. The predicted molar refractivity (Wildman–Crippen MR) is 75.5 cm³/mol. The van der Waals surface area contributed by atoms with Crippen molar-refractivity contribution in [2.45, 2.75) is 12.3 Å². The average Bonchev–Trinajstić information content (AvgIpc) is 2.37. The van der Waals surface area contributed by atoms with E-state index in [9.17, 15) is 13.0 Å². The van der Waals surface area contributed by atoms with Crippen LogP contribution in [0.25, 0.3) is 0 Å². The Bertz CT molecular complexity index is 636. The molecule has 0 aromatic heterocycles. The van der Waals surface area contributed by atoms with Crippen LogP contribution in [0.4, 0.5) is 5.69 Å². The highest BCUT2D eigenvalue weighted by Gasteiger charge is 2.24. The first-order chi connectivity index (χ1) is 8.97. The van der Waals surface area contributed by atoms with Gasteiger partial charge >= 0.3 is 0 Å². The standard InChI is InChI=1S/C14H15NO3S/c1-11-7-9-13(10-8-11)15-14(19(16,17)18)12-5-3-2-4-6-12/h2-10,14-15H,1H3,(H,16,17,18). The van der Waals surface area contributed by atoms with E-state index < -0.39 is 15.5 Å². The fourth-order valence-corrected chi connectivity index (χ4v) is 2.54. The molecule has 0 aliphatic rings. The molecule has 0 amide bonds. The molecule has 1 unspecified atom stereocenters. The van der Waals surface area contributed by atoms with Crippen LogP contribution < -0.4 is 5.32 Å².